The van der Waals surface area contributed by atoms with Gasteiger partial charge < -0.3 is 10.2 Å². The van der Waals surface area contributed by atoms with Crippen LogP contribution in [0.25, 0.3) is 0 Å². The molecule has 106 valence electrons. The molecular weight excluding hydrogens is 340 g/mol. The Morgan fingerprint density at radius 3 is 2.80 bits per heavy atom. The van der Waals surface area contributed by atoms with E-state index >= 15 is 0 Å². The maximum absolute atomic E-state index is 6.19. The Morgan fingerprint density at radius 2 is 2.10 bits per heavy atom. The van der Waals surface area contributed by atoms with E-state index in [4.69, 9.17) is 11.6 Å². The van der Waals surface area contributed by atoms with Gasteiger partial charge in [0.05, 0.1) is 6.20 Å². The Labute approximate surface area is 132 Å². The van der Waals surface area contributed by atoms with Crippen molar-refractivity contribution in [3.63, 3.8) is 0 Å². The molecule has 1 aromatic carbocycles. The number of halogens is 2. The second kappa shape index (κ2) is 6.90. The highest BCUT2D eigenvalue weighted by Gasteiger charge is 2.11. The number of hydrogen-bond acceptors (Lipinski definition) is 4. The lowest BCUT2D eigenvalue weighted by Crippen LogP contribution is -2.19. The van der Waals surface area contributed by atoms with E-state index in [0.717, 1.165) is 11.0 Å². The molecule has 0 fully saturated rings. The number of nitrogens with one attached hydrogen (secondary N) is 1. The smallest absolute Gasteiger partial charge is 0.224 e. The van der Waals surface area contributed by atoms with Crippen molar-refractivity contribution in [2.24, 2.45) is 0 Å². The second-order valence-electron chi connectivity index (χ2n) is 4.34. The largest absolute Gasteiger partial charge is 0.354 e. The van der Waals surface area contributed by atoms with Gasteiger partial charge in [0.25, 0.3) is 0 Å². The van der Waals surface area contributed by atoms with Gasteiger partial charge in [-0.2, -0.15) is 4.98 Å². The van der Waals surface area contributed by atoms with Crippen molar-refractivity contribution in [2.75, 3.05) is 23.8 Å². The van der Waals surface area contributed by atoms with Crippen LogP contribution in [0.4, 0.5) is 11.8 Å². The van der Waals surface area contributed by atoms with E-state index in [-0.39, 0.29) is 0 Å². The van der Waals surface area contributed by atoms with Crippen molar-refractivity contribution in [2.45, 2.75) is 13.5 Å². The molecule has 0 radical (unpaired) electrons. The highest BCUT2D eigenvalue weighted by Crippen LogP contribution is 2.25. The van der Waals surface area contributed by atoms with Crippen LogP contribution in [0.15, 0.2) is 34.9 Å². The van der Waals surface area contributed by atoms with Gasteiger partial charge in [-0.25, -0.2) is 4.98 Å². The predicted molar refractivity (Wildman–Crippen MR) is 87.5 cm³/mol. The molecule has 0 amide bonds. The summed E-state index contributed by atoms with van der Waals surface area (Å²) < 4.78 is 1.07. The SMILES string of the molecule is CCNc1ncc(Cl)c(N(C)Cc2ccccc2Br)n1. The number of anilines is 2. The molecule has 0 saturated heterocycles. The van der Waals surface area contributed by atoms with Gasteiger partial charge in [0, 0.05) is 24.6 Å². The number of rotatable bonds is 5. The Bertz CT molecular complexity index is 591. The molecule has 0 aliphatic heterocycles. The van der Waals surface area contributed by atoms with E-state index < -0.39 is 0 Å². The fourth-order valence-electron chi connectivity index (χ4n) is 1.83. The van der Waals surface area contributed by atoms with Crippen LogP contribution in [0, 0.1) is 0 Å². The van der Waals surface area contributed by atoms with Crippen molar-refractivity contribution in [1.29, 1.82) is 0 Å². The lowest BCUT2D eigenvalue weighted by molar-refractivity contribution is 0.887. The normalized spacial score (nSPS) is 10.4. The molecule has 2 rings (SSSR count). The van der Waals surface area contributed by atoms with Crippen LogP contribution in [0.3, 0.4) is 0 Å². The molecular formula is C14H16BrClN4. The average molecular weight is 356 g/mol. The molecule has 0 atom stereocenters. The van der Waals surface area contributed by atoms with Crippen LogP contribution in [-0.4, -0.2) is 23.6 Å². The van der Waals surface area contributed by atoms with E-state index in [2.05, 4.69) is 37.3 Å². The Hall–Kier alpha value is -1.33. The summed E-state index contributed by atoms with van der Waals surface area (Å²) in [6, 6.07) is 8.10. The molecule has 2 aromatic rings. The van der Waals surface area contributed by atoms with Crippen LogP contribution in [0.5, 0.6) is 0 Å². The van der Waals surface area contributed by atoms with Gasteiger partial charge in [-0.05, 0) is 18.6 Å². The van der Waals surface area contributed by atoms with Gasteiger partial charge in [-0.3, -0.25) is 0 Å². The number of aromatic nitrogens is 2. The first-order valence-corrected chi connectivity index (χ1v) is 7.50. The third kappa shape index (κ3) is 3.61. The lowest BCUT2D eigenvalue weighted by Gasteiger charge is -2.20. The first-order valence-electron chi connectivity index (χ1n) is 6.32. The molecule has 1 N–H and O–H groups in total. The first kappa shape index (κ1) is 15.1. The van der Waals surface area contributed by atoms with E-state index in [9.17, 15) is 0 Å². The monoisotopic (exact) mass is 354 g/mol. The predicted octanol–water partition coefficient (Wildman–Crippen LogP) is 3.96. The van der Waals surface area contributed by atoms with Gasteiger partial charge in [0.2, 0.25) is 5.95 Å². The van der Waals surface area contributed by atoms with Crippen molar-refractivity contribution in [3.05, 3.63) is 45.5 Å². The molecule has 0 aliphatic rings. The maximum Gasteiger partial charge on any atom is 0.224 e. The summed E-state index contributed by atoms with van der Waals surface area (Å²) in [5.41, 5.74) is 1.18. The van der Waals surface area contributed by atoms with Gasteiger partial charge in [-0.15, -0.1) is 0 Å². The van der Waals surface area contributed by atoms with Gasteiger partial charge in [0.15, 0.2) is 5.82 Å². The molecule has 0 bridgehead atoms. The molecule has 20 heavy (non-hydrogen) atoms. The molecule has 6 heteroatoms. The zero-order valence-corrected chi connectivity index (χ0v) is 13.7. The van der Waals surface area contributed by atoms with Crippen LogP contribution in [-0.2, 0) is 6.54 Å². The Balaban J connectivity index is 2.22. The van der Waals surface area contributed by atoms with E-state index in [1.54, 1.807) is 6.20 Å². The quantitative estimate of drug-likeness (QED) is 0.881. The summed E-state index contributed by atoms with van der Waals surface area (Å²) in [5.74, 6) is 1.30. The maximum atomic E-state index is 6.19. The number of benzene rings is 1. The lowest BCUT2D eigenvalue weighted by atomic mass is 10.2. The average Bonchev–Trinajstić information content (AvgIpc) is 2.43. The zero-order valence-electron chi connectivity index (χ0n) is 11.4. The molecule has 0 spiro atoms. The van der Waals surface area contributed by atoms with Gasteiger partial charge >= 0.3 is 0 Å². The van der Waals surface area contributed by atoms with Crippen LogP contribution in [0.1, 0.15) is 12.5 Å². The first-order chi connectivity index (χ1) is 9.61. The molecule has 1 aromatic heterocycles. The highest BCUT2D eigenvalue weighted by atomic mass is 79.9. The van der Waals surface area contributed by atoms with Crippen molar-refractivity contribution in [1.82, 2.24) is 9.97 Å². The fraction of sp³-hybridized carbons (Fsp3) is 0.286. The molecule has 0 aliphatic carbocycles. The fourth-order valence-corrected chi connectivity index (χ4v) is 2.47. The minimum absolute atomic E-state index is 0.543. The number of nitrogens with zero attached hydrogens (tertiary/aromatic N) is 3. The summed E-state index contributed by atoms with van der Waals surface area (Å²) in [6.07, 6.45) is 1.62. The van der Waals surface area contributed by atoms with Gasteiger partial charge in [-0.1, -0.05) is 45.7 Å². The number of hydrogen-bond donors (Lipinski definition) is 1. The van der Waals surface area contributed by atoms with Crippen LogP contribution >= 0.6 is 27.5 Å². The van der Waals surface area contributed by atoms with Crippen molar-refractivity contribution < 1.29 is 0 Å². The van der Waals surface area contributed by atoms with E-state index in [1.165, 1.54) is 5.56 Å². The Morgan fingerprint density at radius 1 is 1.35 bits per heavy atom. The van der Waals surface area contributed by atoms with E-state index in [1.807, 2.05) is 37.1 Å². The molecule has 1 heterocycles. The topological polar surface area (TPSA) is 41.1 Å². The third-order valence-electron chi connectivity index (χ3n) is 2.79. The highest BCUT2D eigenvalue weighted by molar-refractivity contribution is 9.10. The van der Waals surface area contributed by atoms with Crippen LogP contribution in [0.2, 0.25) is 5.02 Å². The third-order valence-corrected chi connectivity index (χ3v) is 3.83. The van der Waals surface area contributed by atoms with E-state index in [0.29, 0.717) is 23.3 Å². The molecule has 4 nitrogen and oxygen atoms in total. The summed E-state index contributed by atoms with van der Waals surface area (Å²) in [6.45, 7) is 3.49. The summed E-state index contributed by atoms with van der Waals surface area (Å²) in [4.78, 5) is 10.6. The summed E-state index contributed by atoms with van der Waals surface area (Å²) in [7, 11) is 1.96. The standard InChI is InChI=1S/C14H16BrClN4/c1-3-17-14-18-8-12(16)13(19-14)20(2)9-10-6-4-5-7-11(10)15/h4-8H,3,9H2,1-2H3,(H,17,18,19). The Kier molecular flexibility index (Phi) is 5.20. The van der Waals surface area contributed by atoms with Crippen molar-refractivity contribution in [3.8, 4) is 0 Å². The molecule has 0 unspecified atom stereocenters. The summed E-state index contributed by atoms with van der Waals surface area (Å²) in [5, 5.41) is 3.63. The minimum Gasteiger partial charge on any atom is -0.354 e. The zero-order chi connectivity index (χ0) is 14.5. The second-order valence-corrected chi connectivity index (χ2v) is 5.60. The summed E-state index contributed by atoms with van der Waals surface area (Å²) >= 11 is 9.74. The van der Waals surface area contributed by atoms with Crippen molar-refractivity contribution >= 4 is 39.3 Å². The van der Waals surface area contributed by atoms with Crippen LogP contribution < -0.4 is 10.2 Å². The minimum atomic E-state index is 0.543. The van der Waals surface area contributed by atoms with Gasteiger partial charge in [0.1, 0.15) is 5.02 Å². The molecule has 0 saturated carbocycles.